The minimum absolute atomic E-state index is 0.0241. The van der Waals surface area contributed by atoms with Gasteiger partial charge in [-0.15, -0.1) is 0 Å². The summed E-state index contributed by atoms with van der Waals surface area (Å²) in [6.07, 6.45) is -1.97. The number of para-hydroxylation sites is 1. The summed E-state index contributed by atoms with van der Waals surface area (Å²) >= 11 is 0. The van der Waals surface area contributed by atoms with E-state index in [4.69, 9.17) is 0 Å². The molecule has 0 radical (unpaired) electrons. The molecule has 0 bridgehead atoms. The molecule has 7 heteroatoms. The summed E-state index contributed by atoms with van der Waals surface area (Å²) in [6, 6.07) is 11.2. The Morgan fingerprint density at radius 3 is 2.44 bits per heavy atom. The Balaban J connectivity index is 1.94. The SMILES string of the molecule is Fc1ccc(-c2nn(-c3ccccc3C(F)(F)F)c3c2CCCCN3)cc1. The molecule has 0 saturated heterocycles. The van der Waals surface area contributed by atoms with Crippen LogP contribution in [0.4, 0.5) is 23.4 Å². The van der Waals surface area contributed by atoms with Crippen LogP contribution in [-0.2, 0) is 12.6 Å². The first kappa shape index (κ1) is 17.6. The van der Waals surface area contributed by atoms with Gasteiger partial charge in [0.05, 0.1) is 16.9 Å². The Morgan fingerprint density at radius 1 is 0.963 bits per heavy atom. The Bertz CT molecular complexity index is 958. The second kappa shape index (κ2) is 6.72. The third-order valence-corrected chi connectivity index (χ3v) is 4.68. The summed E-state index contributed by atoms with van der Waals surface area (Å²) in [5.74, 6) is 0.202. The maximum absolute atomic E-state index is 13.5. The fourth-order valence-corrected chi connectivity index (χ4v) is 3.41. The van der Waals surface area contributed by atoms with Gasteiger partial charge in [-0.3, -0.25) is 0 Å². The van der Waals surface area contributed by atoms with Crippen LogP contribution < -0.4 is 5.32 Å². The molecule has 1 aliphatic heterocycles. The van der Waals surface area contributed by atoms with Crippen LogP contribution in [0.3, 0.4) is 0 Å². The molecule has 3 nitrogen and oxygen atoms in total. The van der Waals surface area contributed by atoms with E-state index in [2.05, 4.69) is 10.4 Å². The van der Waals surface area contributed by atoms with Crippen molar-refractivity contribution in [3.63, 3.8) is 0 Å². The van der Waals surface area contributed by atoms with Gasteiger partial charge in [0.15, 0.2) is 0 Å². The number of rotatable bonds is 2. The van der Waals surface area contributed by atoms with Crippen LogP contribution in [0, 0.1) is 5.82 Å². The zero-order valence-electron chi connectivity index (χ0n) is 14.4. The van der Waals surface area contributed by atoms with Gasteiger partial charge in [-0.1, -0.05) is 12.1 Å². The van der Waals surface area contributed by atoms with Crippen molar-refractivity contribution in [3.05, 3.63) is 65.5 Å². The number of hydrogen-bond acceptors (Lipinski definition) is 2. The van der Waals surface area contributed by atoms with Crippen LogP contribution in [0.15, 0.2) is 48.5 Å². The van der Waals surface area contributed by atoms with Gasteiger partial charge in [0, 0.05) is 17.7 Å². The summed E-state index contributed by atoms with van der Waals surface area (Å²) in [5, 5.41) is 7.74. The summed E-state index contributed by atoms with van der Waals surface area (Å²) < 4.78 is 55.2. The molecule has 0 unspecified atom stereocenters. The molecular formula is C20H17F4N3. The third kappa shape index (κ3) is 3.29. The first-order valence-corrected chi connectivity index (χ1v) is 8.73. The molecule has 0 aliphatic carbocycles. The number of aromatic nitrogens is 2. The van der Waals surface area contributed by atoms with Crippen molar-refractivity contribution in [1.82, 2.24) is 9.78 Å². The van der Waals surface area contributed by atoms with Crippen LogP contribution in [0.2, 0.25) is 0 Å². The maximum Gasteiger partial charge on any atom is 0.418 e. The molecule has 0 saturated carbocycles. The average molecular weight is 375 g/mol. The number of nitrogens with zero attached hydrogens (tertiary/aromatic N) is 2. The van der Waals surface area contributed by atoms with E-state index in [1.807, 2.05) is 0 Å². The molecule has 2 heterocycles. The van der Waals surface area contributed by atoms with Crippen molar-refractivity contribution in [1.29, 1.82) is 0 Å². The molecule has 2 aromatic carbocycles. The highest BCUT2D eigenvalue weighted by atomic mass is 19.4. The summed E-state index contributed by atoms with van der Waals surface area (Å²) in [4.78, 5) is 0. The fraction of sp³-hybridized carbons (Fsp3) is 0.250. The number of fused-ring (bicyclic) bond motifs is 1. The molecular weight excluding hydrogens is 358 g/mol. The van der Waals surface area contributed by atoms with Crippen LogP contribution in [0.1, 0.15) is 24.0 Å². The zero-order chi connectivity index (χ0) is 19.0. The van der Waals surface area contributed by atoms with E-state index in [9.17, 15) is 17.6 Å². The first-order valence-electron chi connectivity index (χ1n) is 8.73. The van der Waals surface area contributed by atoms with Crippen LogP contribution >= 0.6 is 0 Å². The maximum atomic E-state index is 13.5. The molecule has 4 rings (SSSR count). The molecule has 140 valence electrons. The standard InChI is InChI=1S/C20H17F4N3/c21-14-10-8-13(9-11-14)18-15-5-3-4-12-25-19(15)27(26-18)17-7-2-1-6-16(17)20(22,23)24/h1-2,6-11,25H,3-5,12H2. The van der Waals surface area contributed by atoms with E-state index in [0.717, 1.165) is 24.5 Å². The van der Waals surface area contributed by atoms with Crippen molar-refractivity contribution in [3.8, 4) is 16.9 Å². The lowest BCUT2D eigenvalue weighted by Crippen LogP contribution is -2.14. The molecule has 0 atom stereocenters. The number of benzene rings is 2. The zero-order valence-corrected chi connectivity index (χ0v) is 14.4. The molecule has 3 aromatic rings. The predicted molar refractivity (Wildman–Crippen MR) is 95.4 cm³/mol. The summed E-state index contributed by atoms with van der Waals surface area (Å²) in [6.45, 7) is 0.662. The third-order valence-electron chi connectivity index (χ3n) is 4.68. The monoisotopic (exact) mass is 375 g/mol. The number of anilines is 1. The van der Waals surface area contributed by atoms with Gasteiger partial charge in [0.25, 0.3) is 0 Å². The van der Waals surface area contributed by atoms with E-state index in [0.29, 0.717) is 30.0 Å². The van der Waals surface area contributed by atoms with Gasteiger partial charge < -0.3 is 5.32 Å². The van der Waals surface area contributed by atoms with E-state index < -0.39 is 11.7 Å². The smallest absolute Gasteiger partial charge is 0.370 e. The molecule has 1 aliphatic rings. The quantitative estimate of drug-likeness (QED) is 0.604. The first-order chi connectivity index (χ1) is 12.9. The second-order valence-electron chi connectivity index (χ2n) is 6.49. The van der Waals surface area contributed by atoms with Gasteiger partial charge in [-0.05, 0) is 55.7 Å². The second-order valence-corrected chi connectivity index (χ2v) is 6.49. The Kier molecular flexibility index (Phi) is 4.37. The van der Waals surface area contributed by atoms with E-state index in [1.54, 1.807) is 18.2 Å². The Labute approximate surface area is 153 Å². The molecule has 0 spiro atoms. The van der Waals surface area contributed by atoms with Crippen molar-refractivity contribution < 1.29 is 17.6 Å². The number of alkyl halides is 3. The van der Waals surface area contributed by atoms with Crippen molar-refractivity contribution in [2.45, 2.75) is 25.4 Å². The number of nitrogens with one attached hydrogen (secondary N) is 1. The van der Waals surface area contributed by atoms with Crippen LogP contribution in [-0.4, -0.2) is 16.3 Å². The summed E-state index contributed by atoms with van der Waals surface area (Å²) in [7, 11) is 0. The lowest BCUT2D eigenvalue weighted by atomic mass is 10.0. The van der Waals surface area contributed by atoms with Crippen LogP contribution in [0.25, 0.3) is 16.9 Å². The fourth-order valence-electron chi connectivity index (χ4n) is 3.41. The summed E-state index contributed by atoms with van der Waals surface area (Å²) in [5.41, 5.74) is 1.35. The molecule has 1 aromatic heterocycles. The highest BCUT2D eigenvalue weighted by molar-refractivity contribution is 5.71. The van der Waals surface area contributed by atoms with Gasteiger partial charge in [0.1, 0.15) is 11.6 Å². The van der Waals surface area contributed by atoms with Gasteiger partial charge in [-0.2, -0.15) is 18.3 Å². The van der Waals surface area contributed by atoms with Gasteiger partial charge in [-0.25, -0.2) is 9.07 Å². The van der Waals surface area contributed by atoms with Crippen LogP contribution in [0.5, 0.6) is 0 Å². The lowest BCUT2D eigenvalue weighted by molar-refractivity contribution is -0.137. The normalized spacial score (nSPS) is 14.4. The van der Waals surface area contributed by atoms with Crippen molar-refractivity contribution in [2.24, 2.45) is 0 Å². The Morgan fingerprint density at radius 2 is 1.70 bits per heavy atom. The van der Waals surface area contributed by atoms with Crippen molar-refractivity contribution in [2.75, 3.05) is 11.9 Å². The van der Waals surface area contributed by atoms with E-state index in [1.165, 1.54) is 28.9 Å². The molecule has 0 amide bonds. The Hall–Kier alpha value is -2.83. The largest absolute Gasteiger partial charge is 0.418 e. The van der Waals surface area contributed by atoms with Crippen molar-refractivity contribution >= 4 is 5.82 Å². The highest BCUT2D eigenvalue weighted by Crippen LogP contribution is 2.38. The van der Waals surface area contributed by atoms with E-state index >= 15 is 0 Å². The molecule has 1 N–H and O–H groups in total. The number of halogens is 4. The molecule has 0 fully saturated rings. The average Bonchev–Trinajstić information content (AvgIpc) is 2.83. The minimum atomic E-state index is -4.49. The topological polar surface area (TPSA) is 29.9 Å². The minimum Gasteiger partial charge on any atom is -0.370 e. The van der Waals surface area contributed by atoms with Gasteiger partial charge >= 0.3 is 6.18 Å². The highest BCUT2D eigenvalue weighted by Gasteiger charge is 2.35. The molecule has 27 heavy (non-hydrogen) atoms. The number of hydrogen-bond donors (Lipinski definition) is 1. The lowest BCUT2D eigenvalue weighted by Gasteiger charge is -2.15. The van der Waals surface area contributed by atoms with E-state index in [-0.39, 0.29) is 11.5 Å². The predicted octanol–water partition coefficient (Wildman–Crippen LogP) is 5.45. The van der Waals surface area contributed by atoms with Gasteiger partial charge in [0.2, 0.25) is 0 Å².